The predicted octanol–water partition coefficient (Wildman–Crippen LogP) is 3.45. The van der Waals surface area contributed by atoms with Crippen LogP contribution in [-0.4, -0.2) is 17.5 Å². The van der Waals surface area contributed by atoms with Crippen LogP contribution in [0.3, 0.4) is 0 Å². The summed E-state index contributed by atoms with van der Waals surface area (Å²) in [7, 11) is 0. The Balaban J connectivity index is 2.63. The van der Waals surface area contributed by atoms with Gasteiger partial charge < -0.3 is 5.11 Å². The van der Waals surface area contributed by atoms with Gasteiger partial charge in [-0.1, -0.05) is 31.8 Å². The van der Waals surface area contributed by atoms with Crippen molar-refractivity contribution in [2.24, 2.45) is 5.92 Å². The van der Waals surface area contributed by atoms with Gasteiger partial charge in [0, 0.05) is 11.3 Å². The van der Waals surface area contributed by atoms with Crippen molar-refractivity contribution in [1.82, 2.24) is 0 Å². The Bertz CT molecular complexity index is 432. The number of aliphatic hydroxyl groups is 1. The Hall–Kier alpha value is -0.980. The van der Waals surface area contributed by atoms with E-state index in [1.807, 2.05) is 11.8 Å². The van der Waals surface area contributed by atoms with Crippen LogP contribution in [0.25, 0.3) is 0 Å². The Morgan fingerprint density at radius 2 is 2.17 bits per heavy atom. The van der Waals surface area contributed by atoms with E-state index >= 15 is 0 Å². The summed E-state index contributed by atoms with van der Waals surface area (Å²) in [6.45, 7) is 4.21. The second kappa shape index (κ2) is 8.18. The van der Waals surface area contributed by atoms with E-state index in [1.54, 1.807) is 6.07 Å². The summed E-state index contributed by atoms with van der Waals surface area (Å²) in [6.07, 6.45) is 1.18. The van der Waals surface area contributed by atoms with Crippen molar-refractivity contribution >= 4 is 11.8 Å². The average molecular weight is 266 g/mol. The van der Waals surface area contributed by atoms with Gasteiger partial charge in [-0.25, -0.2) is 4.39 Å². The fraction of sp³-hybridized carbons (Fsp3) is 0.467. The number of thioether (sulfide) groups is 1. The molecule has 0 atom stereocenters. The van der Waals surface area contributed by atoms with Gasteiger partial charge in [0.2, 0.25) is 0 Å². The van der Waals surface area contributed by atoms with E-state index in [2.05, 4.69) is 25.7 Å². The highest BCUT2D eigenvalue weighted by atomic mass is 32.2. The normalized spacial score (nSPS) is 10.3. The second-order valence-electron chi connectivity index (χ2n) is 4.50. The summed E-state index contributed by atoms with van der Waals surface area (Å²) < 4.78 is 13.1. The first-order valence-electron chi connectivity index (χ1n) is 6.09. The number of hydrogen-bond acceptors (Lipinski definition) is 2. The molecule has 1 aromatic rings. The lowest BCUT2D eigenvalue weighted by Crippen LogP contribution is -1.93. The third kappa shape index (κ3) is 5.57. The topological polar surface area (TPSA) is 20.2 Å². The van der Waals surface area contributed by atoms with Crippen LogP contribution >= 0.6 is 11.8 Å². The van der Waals surface area contributed by atoms with Crippen LogP contribution in [0.1, 0.15) is 31.4 Å². The maximum atomic E-state index is 13.1. The minimum Gasteiger partial charge on any atom is -0.384 e. The summed E-state index contributed by atoms with van der Waals surface area (Å²) >= 11 is 1.84. The van der Waals surface area contributed by atoms with Crippen molar-refractivity contribution < 1.29 is 9.50 Å². The number of halogens is 1. The molecule has 1 nitrogen and oxygen atoms in total. The molecule has 0 unspecified atom stereocenters. The van der Waals surface area contributed by atoms with Crippen molar-refractivity contribution in [3.8, 4) is 11.8 Å². The smallest absolute Gasteiger partial charge is 0.124 e. The molecule has 0 aliphatic heterocycles. The van der Waals surface area contributed by atoms with Crippen molar-refractivity contribution in [2.75, 3.05) is 12.4 Å². The lowest BCUT2D eigenvalue weighted by Gasteiger charge is -2.06. The fourth-order valence-electron chi connectivity index (χ4n) is 1.43. The number of benzene rings is 1. The highest BCUT2D eigenvalue weighted by Crippen LogP contribution is 2.19. The van der Waals surface area contributed by atoms with Crippen LogP contribution in [0.15, 0.2) is 18.2 Å². The third-order valence-electron chi connectivity index (χ3n) is 2.47. The zero-order valence-corrected chi connectivity index (χ0v) is 11.7. The quantitative estimate of drug-likeness (QED) is 0.650. The molecular weight excluding hydrogens is 247 g/mol. The molecule has 0 saturated carbocycles. The molecule has 98 valence electrons. The van der Waals surface area contributed by atoms with E-state index < -0.39 is 0 Å². The van der Waals surface area contributed by atoms with Crippen LogP contribution in [0, 0.1) is 23.6 Å². The average Bonchev–Trinajstić information content (AvgIpc) is 2.33. The summed E-state index contributed by atoms with van der Waals surface area (Å²) in [5.41, 5.74) is 1.72. The summed E-state index contributed by atoms with van der Waals surface area (Å²) in [5.74, 6) is 7.73. The van der Waals surface area contributed by atoms with Crippen LogP contribution in [0.4, 0.5) is 4.39 Å². The van der Waals surface area contributed by atoms with E-state index in [0.717, 1.165) is 17.1 Å². The molecule has 0 saturated heterocycles. The van der Waals surface area contributed by atoms with E-state index in [4.69, 9.17) is 5.11 Å². The molecule has 0 bridgehead atoms. The first-order chi connectivity index (χ1) is 8.63. The second-order valence-corrected chi connectivity index (χ2v) is 5.60. The van der Waals surface area contributed by atoms with Gasteiger partial charge in [0.15, 0.2) is 0 Å². The molecule has 1 rings (SSSR count). The fourth-order valence-corrected chi connectivity index (χ4v) is 2.68. The summed E-state index contributed by atoms with van der Waals surface area (Å²) in [4.78, 5) is 0. The van der Waals surface area contributed by atoms with Gasteiger partial charge in [0.05, 0.1) is 0 Å². The predicted molar refractivity (Wildman–Crippen MR) is 76.0 cm³/mol. The number of hydrogen-bond donors (Lipinski definition) is 1. The Labute approximate surface area is 113 Å². The van der Waals surface area contributed by atoms with Gasteiger partial charge in [0.1, 0.15) is 12.4 Å². The molecule has 1 aromatic carbocycles. The van der Waals surface area contributed by atoms with Crippen molar-refractivity contribution in [3.05, 3.63) is 35.1 Å². The van der Waals surface area contributed by atoms with Gasteiger partial charge in [-0.2, -0.15) is 11.8 Å². The van der Waals surface area contributed by atoms with Gasteiger partial charge >= 0.3 is 0 Å². The zero-order chi connectivity index (χ0) is 13.4. The molecule has 0 aliphatic rings. The van der Waals surface area contributed by atoms with Gasteiger partial charge in [-0.3, -0.25) is 0 Å². The minimum absolute atomic E-state index is 0.198. The van der Waals surface area contributed by atoms with Crippen molar-refractivity contribution in [3.63, 3.8) is 0 Å². The molecule has 3 heteroatoms. The molecule has 0 fully saturated rings. The molecule has 0 amide bonds. The van der Waals surface area contributed by atoms with E-state index in [9.17, 15) is 4.39 Å². The van der Waals surface area contributed by atoms with Crippen LogP contribution in [-0.2, 0) is 5.75 Å². The van der Waals surface area contributed by atoms with E-state index in [0.29, 0.717) is 11.5 Å². The highest BCUT2D eigenvalue weighted by Gasteiger charge is 2.03. The SMILES string of the molecule is CC(C)CCSCc1ccc(F)cc1C#CCO. The largest absolute Gasteiger partial charge is 0.384 e. The monoisotopic (exact) mass is 266 g/mol. The molecule has 0 heterocycles. The molecule has 18 heavy (non-hydrogen) atoms. The maximum Gasteiger partial charge on any atom is 0.124 e. The first kappa shape index (κ1) is 15.1. The van der Waals surface area contributed by atoms with Crippen LogP contribution in [0.5, 0.6) is 0 Å². The molecule has 0 aliphatic carbocycles. The number of rotatable bonds is 5. The third-order valence-corrected chi connectivity index (χ3v) is 3.51. The van der Waals surface area contributed by atoms with E-state index in [-0.39, 0.29) is 12.4 Å². The van der Waals surface area contributed by atoms with Crippen LogP contribution in [0.2, 0.25) is 0 Å². The molecular formula is C15H19FOS. The first-order valence-corrected chi connectivity index (χ1v) is 7.25. The zero-order valence-electron chi connectivity index (χ0n) is 10.9. The maximum absolute atomic E-state index is 13.1. The van der Waals surface area contributed by atoms with Crippen molar-refractivity contribution in [1.29, 1.82) is 0 Å². The van der Waals surface area contributed by atoms with Gasteiger partial charge in [0.25, 0.3) is 0 Å². The van der Waals surface area contributed by atoms with Crippen LogP contribution < -0.4 is 0 Å². The minimum atomic E-state index is -0.284. The lowest BCUT2D eigenvalue weighted by atomic mass is 10.1. The molecule has 0 aromatic heterocycles. The highest BCUT2D eigenvalue weighted by molar-refractivity contribution is 7.98. The Kier molecular flexibility index (Phi) is 6.85. The summed E-state index contributed by atoms with van der Waals surface area (Å²) in [6, 6.07) is 4.67. The summed E-state index contributed by atoms with van der Waals surface area (Å²) in [5, 5.41) is 8.69. The molecule has 0 radical (unpaired) electrons. The lowest BCUT2D eigenvalue weighted by molar-refractivity contribution is 0.350. The van der Waals surface area contributed by atoms with E-state index in [1.165, 1.54) is 18.6 Å². The van der Waals surface area contributed by atoms with Gasteiger partial charge in [-0.05, 0) is 35.8 Å². The molecule has 1 N–H and O–H groups in total. The number of aliphatic hydroxyl groups excluding tert-OH is 1. The Morgan fingerprint density at radius 3 is 2.83 bits per heavy atom. The molecule has 0 spiro atoms. The Morgan fingerprint density at radius 1 is 1.39 bits per heavy atom. The van der Waals surface area contributed by atoms with Gasteiger partial charge in [-0.15, -0.1) is 0 Å². The van der Waals surface area contributed by atoms with Crippen molar-refractivity contribution in [2.45, 2.75) is 26.0 Å². The standard InChI is InChI=1S/C15H19FOS/c1-12(2)7-9-18-11-14-5-6-15(16)10-13(14)4-3-8-17/h5-6,10,12,17H,7-9,11H2,1-2H3.